The number of nitrogens with two attached hydrogens (primary N) is 1. The molecule has 0 unspecified atom stereocenters. The molecule has 4 nitrogen and oxygen atoms in total. The number of nitrogens with one attached hydrogen (secondary N) is 1. The standard InChI is InChI=1S/C13H18N2O2/c14-10-5-6-12(11(7-10)13(16)17)15-8-9-3-1-2-4-9/h5-7,9,15H,1-4,8,14H2,(H,16,17). The molecule has 0 aromatic heterocycles. The van der Waals surface area contributed by atoms with Crippen molar-refractivity contribution in [3.63, 3.8) is 0 Å². The van der Waals surface area contributed by atoms with Crippen LogP contribution < -0.4 is 11.1 Å². The summed E-state index contributed by atoms with van der Waals surface area (Å²) in [5, 5.41) is 12.3. The van der Waals surface area contributed by atoms with E-state index >= 15 is 0 Å². The van der Waals surface area contributed by atoms with Gasteiger partial charge < -0.3 is 16.2 Å². The van der Waals surface area contributed by atoms with Gasteiger partial charge in [0.15, 0.2) is 0 Å². The van der Waals surface area contributed by atoms with Crippen molar-refractivity contribution in [3.8, 4) is 0 Å². The molecule has 0 spiro atoms. The van der Waals surface area contributed by atoms with Gasteiger partial charge in [-0.1, -0.05) is 12.8 Å². The SMILES string of the molecule is Nc1ccc(NCC2CCCC2)c(C(=O)O)c1. The van der Waals surface area contributed by atoms with Gasteiger partial charge in [0.1, 0.15) is 0 Å². The summed E-state index contributed by atoms with van der Waals surface area (Å²) in [7, 11) is 0. The Balaban J connectivity index is 2.06. The number of hydrogen-bond acceptors (Lipinski definition) is 3. The molecule has 0 heterocycles. The maximum Gasteiger partial charge on any atom is 0.337 e. The second-order valence-corrected chi connectivity index (χ2v) is 4.64. The highest BCUT2D eigenvalue weighted by molar-refractivity contribution is 5.95. The Morgan fingerprint density at radius 3 is 2.76 bits per heavy atom. The summed E-state index contributed by atoms with van der Waals surface area (Å²) in [5.74, 6) is -0.264. The molecule has 0 saturated heterocycles. The molecule has 0 bridgehead atoms. The van der Waals surface area contributed by atoms with Crippen LogP contribution in [0.3, 0.4) is 0 Å². The van der Waals surface area contributed by atoms with E-state index in [1.165, 1.54) is 31.7 Å². The van der Waals surface area contributed by atoms with Crippen molar-refractivity contribution in [2.45, 2.75) is 25.7 Å². The van der Waals surface area contributed by atoms with Gasteiger partial charge in [-0.25, -0.2) is 4.79 Å². The van der Waals surface area contributed by atoms with Gasteiger partial charge in [-0.3, -0.25) is 0 Å². The van der Waals surface area contributed by atoms with Crippen molar-refractivity contribution >= 4 is 17.3 Å². The van der Waals surface area contributed by atoms with Crippen LogP contribution in [-0.2, 0) is 0 Å². The Bertz CT molecular complexity index is 412. The number of carbonyl (C=O) groups is 1. The molecular weight excluding hydrogens is 216 g/mol. The third kappa shape index (κ3) is 2.90. The van der Waals surface area contributed by atoms with Crippen LogP contribution in [0.25, 0.3) is 0 Å². The number of rotatable bonds is 4. The maximum atomic E-state index is 11.1. The van der Waals surface area contributed by atoms with Crippen LogP contribution in [0.5, 0.6) is 0 Å². The monoisotopic (exact) mass is 234 g/mol. The fourth-order valence-electron chi connectivity index (χ4n) is 2.36. The smallest absolute Gasteiger partial charge is 0.337 e. The van der Waals surface area contributed by atoms with Crippen LogP contribution in [-0.4, -0.2) is 17.6 Å². The number of aromatic carboxylic acids is 1. The lowest BCUT2D eigenvalue weighted by Gasteiger charge is -2.14. The number of carboxylic acids is 1. The molecule has 0 radical (unpaired) electrons. The Hall–Kier alpha value is -1.71. The molecule has 1 aromatic carbocycles. The third-order valence-corrected chi connectivity index (χ3v) is 3.33. The number of benzene rings is 1. The lowest BCUT2D eigenvalue weighted by molar-refractivity contribution is 0.0698. The van der Waals surface area contributed by atoms with Crippen LogP contribution in [0.15, 0.2) is 18.2 Å². The Labute approximate surface area is 101 Å². The van der Waals surface area contributed by atoms with E-state index in [1.54, 1.807) is 12.1 Å². The quantitative estimate of drug-likeness (QED) is 0.700. The van der Waals surface area contributed by atoms with Gasteiger partial charge in [-0.2, -0.15) is 0 Å². The van der Waals surface area contributed by atoms with E-state index in [1.807, 2.05) is 0 Å². The van der Waals surface area contributed by atoms with Crippen LogP contribution >= 0.6 is 0 Å². The zero-order chi connectivity index (χ0) is 12.3. The van der Waals surface area contributed by atoms with Gasteiger partial charge in [0, 0.05) is 17.9 Å². The second-order valence-electron chi connectivity index (χ2n) is 4.64. The van der Waals surface area contributed by atoms with Gasteiger partial charge in [0.25, 0.3) is 0 Å². The number of nitrogen functional groups attached to an aromatic ring is 1. The summed E-state index contributed by atoms with van der Waals surface area (Å²) in [6.07, 6.45) is 5.06. The minimum absolute atomic E-state index is 0.253. The molecule has 4 heteroatoms. The zero-order valence-corrected chi connectivity index (χ0v) is 9.78. The van der Waals surface area contributed by atoms with Gasteiger partial charge in [-0.05, 0) is 37.0 Å². The lowest BCUT2D eigenvalue weighted by Crippen LogP contribution is -2.13. The van der Waals surface area contributed by atoms with Crippen LogP contribution in [0.4, 0.5) is 11.4 Å². The molecule has 1 aliphatic rings. The highest BCUT2D eigenvalue weighted by Gasteiger charge is 2.16. The summed E-state index contributed by atoms with van der Waals surface area (Å²) in [4.78, 5) is 11.1. The summed E-state index contributed by atoms with van der Waals surface area (Å²) in [6.45, 7) is 0.851. The predicted molar refractivity (Wildman–Crippen MR) is 68.3 cm³/mol. The predicted octanol–water partition coefficient (Wildman–Crippen LogP) is 2.57. The minimum atomic E-state index is -0.939. The molecule has 4 N–H and O–H groups in total. The zero-order valence-electron chi connectivity index (χ0n) is 9.78. The van der Waals surface area contributed by atoms with Crippen molar-refractivity contribution in [1.82, 2.24) is 0 Å². The molecule has 92 valence electrons. The first kappa shape index (κ1) is 11.8. The third-order valence-electron chi connectivity index (χ3n) is 3.33. The van der Waals surface area contributed by atoms with E-state index in [-0.39, 0.29) is 5.56 Å². The number of hydrogen-bond donors (Lipinski definition) is 3. The van der Waals surface area contributed by atoms with Crippen molar-refractivity contribution < 1.29 is 9.90 Å². The van der Waals surface area contributed by atoms with Crippen LogP contribution in [0, 0.1) is 5.92 Å². The topological polar surface area (TPSA) is 75.3 Å². The first-order valence-corrected chi connectivity index (χ1v) is 6.03. The fourth-order valence-corrected chi connectivity index (χ4v) is 2.36. The number of anilines is 2. The van der Waals surface area contributed by atoms with Crippen LogP contribution in [0.2, 0.25) is 0 Å². The molecule has 1 fully saturated rings. The average Bonchev–Trinajstić information content (AvgIpc) is 2.80. The highest BCUT2D eigenvalue weighted by Crippen LogP contribution is 2.26. The largest absolute Gasteiger partial charge is 0.478 e. The Kier molecular flexibility index (Phi) is 3.52. The van der Waals surface area contributed by atoms with E-state index in [0.29, 0.717) is 17.3 Å². The number of carboxylic acid groups (broad SMARTS) is 1. The molecule has 0 atom stereocenters. The minimum Gasteiger partial charge on any atom is -0.478 e. The fraction of sp³-hybridized carbons (Fsp3) is 0.462. The molecule has 0 amide bonds. The van der Waals surface area contributed by atoms with Crippen LogP contribution in [0.1, 0.15) is 36.0 Å². The van der Waals surface area contributed by atoms with Gasteiger partial charge in [-0.15, -0.1) is 0 Å². The first-order valence-electron chi connectivity index (χ1n) is 6.03. The summed E-state index contributed by atoms with van der Waals surface area (Å²) >= 11 is 0. The molecular formula is C13H18N2O2. The second kappa shape index (κ2) is 5.08. The van der Waals surface area contributed by atoms with E-state index < -0.39 is 5.97 Å². The van der Waals surface area contributed by atoms with E-state index in [0.717, 1.165) is 6.54 Å². The normalized spacial score (nSPS) is 16.0. The lowest BCUT2D eigenvalue weighted by atomic mass is 10.1. The van der Waals surface area contributed by atoms with Crippen molar-refractivity contribution in [1.29, 1.82) is 0 Å². The first-order chi connectivity index (χ1) is 8.16. The van der Waals surface area contributed by atoms with Crippen molar-refractivity contribution in [2.24, 2.45) is 5.92 Å². The van der Waals surface area contributed by atoms with E-state index in [4.69, 9.17) is 10.8 Å². The maximum absolute atomic E-state index is 11.1. The summed E-state index contributed by atoms with van der Waals surface area (Å²) in [5.41, 5.74) is 6.99. The van der Waals surface area contributed by atoms with Crippen molar-refractivity contribution in [2.75, 3.05) is 17.6 Å². The molecule has 1 saturated carbocycles. The Morgan fingerprint density at radius 2 is 2.12 bits per heavy atom. The van der Waals surface area contributed by atoms with Crippen molar-refractivity contribution in [3.05, 3.63) is 23.8 Å². The molecule has 0 aliphatic heterocycles. The van der Waals surface area contributed by atoms with Gasteiger partial charge >= 0.3 is 5.97 Å². The summed E-state index contributed by atoms with van der Waals surface area (Å²) < 4.78 is 0. The molecule has 2 rings (SSSR count). The molecule has 17 heavy (non-hydrogen) atoms. The van der Waals surface area contributed by atoms with E-state index in [9.17, 15) is 4.79 Å². The average molecular weight is 234 g/mol. The van der Waals surface area contributed by atoms with Gasteiger partial charge in [0.05, 0.1) is 5.56 Å². The Morgan fingerprint density at radius 1 is 1.41 bits per heavy atom. The molecule has 1 aromatic rings. The highest BCUT2D eigenvalue weighted by atomic mass is 16.4. The summed E-state index contributed by atoms with van der Waals surface area (Å²) in [6, 6.07) is 4.97. The molecule has 1 aliphatic carbocycles. The van der Waals surface area contributed by atoms with Gasteiger partial charge in [0.2, 0.25) is 0 Å². The van der Waals surface area contributed by atoms with E-state index in [2.05, 4.69) is 5.32 Å².